The average molecular weight is 399 g/mol. The smallest absolute Gasteiger partial charge is 0.307 e. The Balaban J connectivity index is 1.17. The number of hydrogen-bond acceptors (Lipinski definition) is 2. The summed E-state index contributed by atoms with van der Waals surface area (Å²) in [7, 11) is 0. The third-order valence-electron chi connectivity index (χ3n) is 11.7. The van der Waals surface area contributed by atoms with Crippen LogP contribution in [0.1, 0.15) is 64.2 Å². The van der Waals surface area contributed by atoms with Crippen LogP contribution in [0.3, 0.4) is 0 Å². The number of rotatable bonds is 4. The lowest BCUT2D eigenvalue weighted by molar-refractivity contribution is -0.155. The van der Waals surface area contributed by atoms with Crippen LogP contribution in [0.2, 0.25) is 0 Å². The van der Waals surface area contributed by atoms with Crippen molar-refractivity contribution in [3.05, 3.63) is 0 Å². The molecule has 4 heteroatoms. The SMILES string of the molecule is O=C(O)CC12CC3CC(C1)C(C1CC4CC1C1C5CCC(C5C(=O)O)C41)C(C3)C2. The zero-order valence-electron chi connectivity index (χ0n) is 17.2. The molecule has 10 unspecified atom stereocenters. The number of fused-ring (bicyclic) bond motifs is 9. The molecule has 8 aliphatic rings. The van der Waals surface area contributed by atoms with E-state index in [1.54, 1.807) is 0 Å². The molecule has 4 nitrogen and oxygen atoms in total. The highest BCUT2D eigenvalue weighted by Crippen LogP contribution is 2.74. The van der Waals surface area contributed by atoms with Gasteiger partial charge in [0.15, 0.2) is 0 Å². The number of carbonyl (C=O) groups is 2. The number of carboxylic acid groups (broad SMARTS) is 2. The topological polar surface area (TPSA) is 74.6 Å². The number of hydrogen-bond donors (Lipinski definition) is 2. The first kappa shape index (κ1) is 17.6. The Hall–Kier alpha value is -1.06. The fraction of sp³-hybridized carbons (Fsp3) is 0.920. The van der Waals surface area contributed by atoms with Crippen molar-refractivity contribution in [1.82, 2.24) is 0 Å². The van der Waals surface area contributed by atoms with E-state index in [0.717, 1.165) is 47.3 Å². The fourth-order valence-electron chi connectivity index (χ4n) is 11.9. The number of carboxylic acids is 2. The molecule has 0 heterocycles. The summed E-state index contributed by atoms with van der Waals surface area (Å²) < 4.78 is 0. The second kappa shape index (κ2) is 5.59. The summed E-state index contributed by atoms with van der Waals surface area (Å²) >= 11 is 0. The van der Waals surface area contributed by atoms with Gasteiger partial charge >= 0.3 is 11.9 Å². The van der Waals surface area contributed by atoms with E-state index in [4.69, 9.17) is 0 Å². The molecule has 0 radical (unpaired) electrons. The van der Waals surface area contributed by atoms with Gasteiger partial charge in [-0.05, 0) is 128 Å². The molecule has 10 atom stereocenters. The quantitative estimate of drug-likeness (QED) is 0.682. The Bertz CT molecular complexity index is 759. The molecule has 8 rings (SSSR count). The minimum absolute atomic E-state index is 0.0358. The largest absolute Gasteiger partial charge is 0.481 e. The van der Waals surface area contributed by atoms with Gasteiger partial charge in [0.05, 0.1) is 12.3 Å². The predicted molar refractivity (Wildman–Crippen MR) is 106 cm³/mol. The van der Waals surface area contributed by atoms with Crippen molar-refractivity contribution in [3.8, 4) is 0 Å². The first-order valence-corrected chi connectivity index (χ1v) is 12.4. The van der Waals surface area contributed by atoms with E-state index in [1.807, 2.05) is 0 Å². The van der Waals surface area contributed by atoms with Crippen molar-refractivity contribution in [2.75, 3.05) is 0 Å². The van der Waals surface area contributed by atoms with Crippen LogP contribution in [0, 0.1) is 76.4 Å². The third-order valence-corrected chi connectivity index (χ3v) is 11.7. The van der Waals surface area contributed by atoms with Crippen molar-refractivity contribution in [2.24, 2.45) is 76.4 Å². The van der Waals surface area contributed by atoms with E-state index in [0.29, 0.717) is 24.2 Å². The van der Waals surface area contributed by atoms with Crippen molar-refractivity contribution >= 4 is 11.9 Å². The summed E-state index contributed by atoms with van der Waals surface area (Å²) in [4.78, 5) is 23.5. The third kappa shape index (κ3) is 2.17. The molecule has 8 aliphatic carbocycles. The molecule has 8 saturated carbocycles. The zero-order chi connectivity index (χ0) is 19.7. The van der Waals surface area contributed by atoms with Gasteiger partial charge in [-0.1, -0.05) is 0 Å². The molecule has 8 fully saturated rings. The molecular formula is C25H34O4. The van der Waals surface area contributed by atoms with E-state index >= 15 is 0 Å². The van der Waals surface area contributed by atoms with Crippen LogP contribution in [0.15, 0.2) is 0 Å². The normalized spacial score (nSPS) is 60.7. The molecule has 29 heavy (non-hydrogen) atoms. The summed E-state index contributed by atoms with van der Waals surface area (Å²) in [5, 5.41) is 19.4. The van der Waals surface area contributed by atoms with Crippen LogP contribution in [0.5, 0.6) is 0 Å². The van der Waals surface area contributed by atoms with Gasteiger partial charge in [-0.2, -0.15) is 0 Å². The lowest BCUT2D eigenvalue weighted by Crippen LogP contribution is -2.54. The maximum atomic E-state index is 12.0. The molecule has 2 N–H and O–H groups in total. The Morgan fingerprint density at radius 1 is 0.724 bits per heavy atom. The summed E-state index contributed by atoms with van der Waals surface area (Å²) in [6.07, 6.45) is 11.7. The van der Waals surface area contributed by atoms with Gasteiger partial charge < -0.3 is 10.2 Å². The van der Waals surface area contributed by atoms with Crippen LogP contribution in [0.25, 0.3) is 0 Å². The molecule has 8 bridgehead atoms. The summed E-state index contributed by atoms with van der Waals surface area (Å²) in [5.41, 5.74) is 0.111. The Morgan fingerprint density at radius 3 is 1.97 bits per heavy atom. The number of aliphatic carboxylic acids is 2. The summed E-state index contributed by atoms with van der Waals surface area (Å²) in [6.45, 7) is 0. The van der Waals surface area contributed by atoms with Crippen LogP contribution in [0.4, 0.5) is 0 Å². The summed E-state index contributed by atoms with van der Waals surface area (Å²) in [5.74, 6) is 6.81. The standard InChI is InChI=1S/C25H34O4/c26-19(27)10-25-7-11-3-13(8-25)20(14(4-11)9-25)17-5-12-6-18(17)22-16-2-1-15(21(12)22)23(16)24(28)29/h11-18,20-23H,1-10H2,(H,26,27)(H,28,29). The molecule has 0 aromatic carbocycles. The highest BCUT2D eigenvalue weighted by molar-refractivity contribution is 5.72. The van der Waals surface area contributed by atoms with Gasteiger partial charge in [-0.15, -0.1) is 0 Å². The van der Waals surface area contributed by atoms with E-state index in [2.05, 4.69) is 0 Å². The van der Waals surface area contributed by atoms with Crippen LogP contribution < -0.4 is 0 Å². The lowest BCUT2D eigenvalue weighted by Gasteiger charge is -2.62. The van der Waals surface area contributed by atoms with Gasteiger partial charge in [0.2, 0.25) is 0 Å². The maximum Gasteiger partial charge on any atom is 0.307 e. The second-order valence-corrected chi connectivity index (χ2v) is 12.6. The fourth-order valence-corrected chi connectivity index (χ4v) is 11.9. The van der Waals surface area contributed by atoms with Crippen LogP contribution in [-0.4, -0.2) is 22.2 Å². The zero-order valence-corrected chi connectivity index (χ0v) is 17.2. The first-order valence-electron chi connectivity index (χ1n) is 12.4. The molecule has 158 valence electrons. The second-order valence-electron chi connectivity index (χ2n) is 12.6. The van der Waals surface area contributed by atoms with Crippen molar-refractivity contribution in [2.45, 2.75) is 64.2 Å². The molecule has 0 amide bonds. The summed E-state index contributed by atoms with van der Waals surface area (Å²) in [6, 6.07) is 0. The highest BCUT2D eigenvalue weighted by Gasteiger charge is 2.69. The van der Waals surface area contributed by atoms with Gasteiger partial charge in [0.1, 0.15) is 0 Å². The minimum Gasteiger partial charge on any atom is -0.481 e. The van der Waals surface area contributed by atoms with Gasteiger partial charge in [0.25, 0.3) is 0 Å². The Labute approximate surface area is 172 Å². The van der Waals surface area contributed by atoms with E-state index < -0.39 is 11.9 Å². The molecule has 0 aliphatic heterocycles. The van der Waals surface area contributed by atoms with Crippen molar-refractivity contribution < 1.29 is 19.8 Å². The van der Waals surface area contributed by atoms with Crippen molar-refractivity contribution in [1.29, 1.82) is 0 Å². The van der Waals surface area contributed by atoms with Crippen molar-refractivity contribution in [3.63, 3.8) is 0 Å². The van der Waals surface area contributed by atoms with E-state index in [1.165, 1.54) is 57.8 Å². The molecule has 0 spiro atoms. The first-order chi connectivity index (χ1) is 13.9. The van der Waals surface area contributed by atoms with Crippen LogP contribution in [-0.2, 0) is 9.59 Å². The molecule has 0 saturated heterocycles. The van der Waals surface area contributed by atoms with Gasteiger partial charge in [-0.3, -0.25) is 9.59 Å². The average Bonchev–Trinajstić information content (AvgIpc) is 3.37. The lowest BCUT2D eigenvalue weighted by atomic mass is 9.42. The predicted octanol–water partition coefficient (Wildman–Crippen LogP) is 4.53. The minimum atomic E-state index is -0.590. The Kier molecular flexibility index (Phi) is 3.39. The molecule has 0 aromatic rings. The van der Waals surface area contributed by atoms with E-state index in [9.17, 15) is 19.8 Å². The van der Waals surface area contributed by atoms with Gasteiger partial charge in [0, 0.05) is 0 Å². The molecular weight excluding hydrogens is 364 g/mol. The van der Waals surface area contributed by atoms with Crippen LogP contribution >= 0.6 is 0 Å². The molecule has 0 aromatic heterocycles. The Morgan fingerprint density at radius 2 is 1.34 bits per heavy atom. The highest BCUT2D eigenvalue weighted by atomic mass is 16.4. The monoisotopic (exact) mass is 398 g/mol. The maximum absolute atomic E-state index is 12.0. The van der Waals surface area contributed by atoms with E-state index in [-0.39, 0.29) is 11.3 Å². The van der Waals surface area contributed by atoms with Gasteiger partial charge in [-0.25, -0.2) is 0 Å².